The molecule has 2 N–H and O–H groups in total. The molecule has 94 valence electrons. The molecule has 1 aromatic carbocycles. The van der Waals surface area contributed by atoms with Crippen molar-refractivity contribution in [2.24, 2.45) is 0 Å². The number of anilines is 1. The number of rotatable bonds is 4. The van der Waals surface area contributed by atoms with Crippen LogP contribution in [0.5, 0.6) is 0 Å². The maximum atomic E-state index is 9.46. The Morgan fingerprint density at radius 1 is 1.33 bits per heavy atom. The topological polar surface area (TPSA) is 45.1 Å². The fraction of sp³-hybridized carbons (Fsp3) is 0.214. The van der Waals surface area contributed by atoms with Gasteiger partial charge < -0.3 is 10.4 Å². The Hall–Kier alpha value is -1.58. The summed E-state index contributed by atoms with van der Waals surface area (Å²) in [5.41, 5.74) is 2.78. The van der Waals surface area contributed by atoms with Crippen LogP contribution in [0.15, 0.2) is 42.6 Å². The molecule has 0 radical (unpaired) electrons. The molecule has 1 heterocycles. The molecule has 1 unspecified atom stereocenters. The third-order valence-corrected chi connectivity index (χ3v) is 2.92. The molecule has 4 heteroatoms. The van der Waals surface area contributed by atoms with Gasteiger partial charge in [0.05, 0.1) is 12.6 Å². The number of benzene rings is 1. The van der Waals surface area contributed by atoms with Crippen molar-refractivity contribution in [3.63, 3.8) is 0 Å². The lowest BCUT2D eigenvalue weighted by Gasteiger charge is -2.18. The average Bonchev–Trinajstić information content (AvgIpc) is 2.37. The highest BCUT2D eigenvalue weighted by molar-refractivity contribution is 6.30. The molecule has 0 spiro atoms. The van der Waals surface area contributed by atoms with E-state index in [2.05, 4.69) is 10.3 Å². The standard InChI is InChI=1S/C14H15ClN2O/c1-10-5-6-11(8-16-10)14(9-18)17-13-4-2-3-12(15)7-13/h2-8,14,17-18H,9H2,1H3. The number of aliphatic hydroxyl groups excluding tert-OH is 1. The summed E-state index contributed by atoms with van der Waals surface area (Å²) in [7, 11) is 0. The molecule has 0 aliphatic carbocycles. The number of pyridine rings is 1. The van der Waals surface area contributed by atoms with E-state index < -0.39 is 0 Å². The highest BCUT2D eigenvalue weighted by Crippen LogP contribution is 2.21. The summed E-state index contributed by atoms with van der Waals surface area (Å²) in [6.07, 6.45) is 1.77. The number of hydrogen-bond donors (Lipinski definition) is 2. The van der Waals surface area contributed by atoms with E-state index in [0.29, 0.717) is 5.02 Å². The van der Waals surface area contributed by atoms with Gasteiger partial charge in [0.25, 0.3) is 0 Å². The normalized spacial score (nSPS) is 12.2. The van der Waals surface area contributed by atoms with E-state index in [4.69, 9.17) is 11.6 Å². The lowest BCUT2D eigenvalue weighted by molar-refractivity contribution is 0.276. The van der Waals surface area contributed by atoms with E-state index in [9.17, 15) is 5.11 Å². The van der Waals surface area contributed by atoms with Gasteiger partial charge in [-0.15, -0.1) is 0 Å². The zero-order chi connectivity index (χ0) is 13.0. The van der Waals surface area contributed by atoms with E-state index in [-0.39, 0.29) is 12.6 Å². The van der Waals surface area contributed by atoms with Gasteiger partial charge in [-0.3, -0.25) is 4.98 Å². The summed E-state index contributed by atoms with van der Waals surface area (Å²) in [6, 6.07) is 11.1. The molecule has 0 fully saturated rings. The van der Waals surface area contributed by atoms with Crippen LogP contribution < -0.4 is 5.32 Å². The Bertz CT molecular complexity index is 513. The first kappa shape index (κ1) is 12.9. The van der Waals surface area contributed by atoms with E-state index in [0.717, 1.165) is 16.9 Å². The van der Waals surface area contributed by atoms with E-state index >= 15 is 0 Å². The van der Waals surface area contributed by atoms with Crippen molar-refractivity contribution in [3.8, 4) is 0 Å². The number of hydrogen-bond acceptors (Lipinski definition) is 3. The monoisotopic (exact) mass is 262 g/mol. The predicted molar refractivity (Wildman–Crippen MR) is 73.9 cm³/mol. The molecule has 18 heavy (non-hydrogen) atoms. The molecule has 1 aromatic heterocycles. The van der Waals surface area contributed by atoms with Gasteiger partial charge in [0, 0.05) is 22.6 Å². The Balaban J connectivity index is 2.17. The molecular weight excluding hydrogens is 248 g/mol. The SMILES string of the molecule is Cc1ccc(C(CO)Nc2cccc(Cl)c2)cn1. The lowest BCUT2D eigenvalue weighted by Crippen LogP contribution is -2.15. The fourth-order valence-corrected chi connectivity index (χ4v) is 1.89. The van der Waals surface area contributed by atoms with E-state index in [1.54, 1.807) is 6.20 Å². The summed E-state index contributed by atoms with van der Waals surface area (Å²) in [4.78, 5) is 4.23. The molecule has 0 saturated carbocycles. The largest absolute Gasteiger partial charge is 0.394 e. The van der Waals surface area contributed by atoms with Crippen LogP contribution in [0.2, 0.25) is 5.02 Å². The molecule has 0 amide bonds. The first-order chi connectivity index (χ1) is 8.69. The molecule has 2 rings (SSSR count). The zero-order valence-electron chi connectivity index (χ0n) is 10.1. The van der Waals surface area contributed by atoms with Gasteiger partial charge in [-0.05, 0) is 36.8 Å². The molecular formula is C14H15ClN2O. The minimum absolute atomic E-state index is 0.00272. The van der Waals surface area contributed by atoms with Gasteiger partial charge in [-0.1, -0.05) is 23.7 Å². The van der Waals surface area contributed by atoms with Crippen molar-refractivity contribution in [1.82, 2.24) is 4.98 Å². The Kier molecular flexibility index (Phi) is 4.18. The van der Waals surface area contributed by atoms with Crippen LogP contribution >= 0.6 is 11.6 Å². The van der Waals surface area contributed by atoms with Crippen LogP contribution in [0.3, 0.4) is 0 Å². The van der Waals surface area contributed by atoms with Gasteiger partial charge in [0.1, 0.15) is 0 Å². The van der Waals surface area contributed by atoms with Crippen molar-refractivity contribution < 1.29 is 5.11 Å². The minimum atomic E-state index is -0.184. The summed E-state index contributed by atoms with van der Waals surface area (Å²) in [6.45, 7) is 1.93. The van der Waals surface area contributed by atoms with Crippen LogP contribution in [0, 0.1) is 6.92 Å². The molecule has 0 bridgehead atoms. The van der Waals surface area contributed by atoms with E-state index in [1.165, 1.54) is 0 Å². The van der Waals surface area contributed by atoms with Gasteiger partial charge in [-0.25, -0.2) is 0 Å². The van der Waals surface area contributed by atoms with Gasteiger partial charge >= 0.3 is 0 Å². The molecule has 0 aliphatic heterocycles. The second-order valence-corrected chi connectivity index (χ2v) is 4.56. The van der Waals surface area contributed by atoms with Crippen LogP contribution in [-0.2, 0) is 0 Å². The first-order valence-corrected chi connectivity index (χ1v) is 6.12. The highest BCUT2D eigenvalue weighted by atomic mass is 35.5. The quantitative estimate of drug-likeness (QED) is 0.890. The zero-order valence-corrected chi connectivity index (χ0v) is 10.9. The van der Waals surface area contributed by atoms with Crippen LogP contribution in [0.1, 0.15) is 17.3 Å². The van der Waals surface area contributed by atoms with Crippen molar-refractivity contribution in [2.45, 2.75) is 13.0 Å². The smallest absolute Gasteiger partial charge is 0.0759 e. The maximum Gasteiger partial charge on any atom is 0.0759 e. The highest BCUT2D eigenvalue weighted by Gasteiger charge is 2.10. The predicted octanol–water partition coefficient (Wildman–Crippen LogP) is 3.19. The van der Waals surface area contributed by atoms with E-state index in [1.807, 2.05) is 43.3 Å². The Morgan fingerprint density at radius 2 is 2.17 bits per heavy atom. The van der Waals surface area contributed by atoms with Gasteiger partial charge in [-0.2, -0.15) is 0 Å². The number of nitrogens with zero attached hydrogens (tertiary/aromatic N) is 1. The lowest BCUT2D eigenvalue weighted by atomic mass is 10.1. The second kappa shape index (κ2) is 5.85. The molecule has 0 saturated heterocycles. The number of aromatic nitrogens is 1. The third kappa shape index (κ3) is 3.22. The van der Waals surface area contributed by atoms with Crippen LogP contribution in [0.4, 0.5) is 5.69 Å². The molecule has 2 aromatic rings. The number of halogens is 1. The number of aryl methyl sites for hydroxylation is 1. The fourth-order valence-electron chi connectivity index (χ4n) is 1.70. The van der Waals surface area contributed by atoms with Gasteiger partial charge in [0.15, 0.2) is 0 Å². The average molecular weight is 263 g/mol. The van der Waals surface area contributed by atoms with Crippen molar-refractivity contribution in [2.75, 3.05) is 11.9 Å². The Morgan fingerprint density at radius 3 is 2.78 bits per heavy atom. The second-order valence-electron chi connectivity index (χ2n) is 4.12. The minimum Gasteiger partial charge on any atom is -0.394 e. The molecule has 3 nitrogen and oxygen atoms in total. The summed E-state index contributed by atoms with van der Waals surface area (Å²) in [5.74, 6) is 0. The summed E-state index contributed by atoms with van der Waals surface area (Å²) >= 11 is 5.92. The van der Waals surface area contributed by atoms with Crippen molar-refractivity contribution in [3.05, 3.63) is 58.9 Å². The van der Waals surface area contributed by atoms with Crippen LogP contribution in [-0.4, -0.2) is 16.7 Å². The van der Waals surface area contributed by atoms with Crippen LogP contribution in [0.25, 0.3) is 0 Å². The maximum absolute atomic E-state index is 9.46. The number of nitrogens with one attached hydrogen (secondary N) is 1. The molecule has 1 atom stereocenters. The Labute approximate surface area is 111 Å². The first-order valence-electron chi connectivity index (χ1n) is 5.74. The van der Waals surface area contributed by atoms with Crippen molar-refractivity contribution in [1.29, 1.82) is 0 Å². The van der Waals surface area contributed by atoms with Gasteiger partial charge in [0.2, 0.25) is 0 Å². The summed E-state index contributed by atoms with van der Waals surface area (Å²) < 4.78 is 0. The third-order valence-electron chi connectivity index (χ3n) is 2.68. The number of aliphatic hydroxyl groups is 1. The molecule has 0 aliphatic rings. The summed E-state index contributed by atoms with van der Waals surface area (Å²) in [5, 5.41) is 13.4. The van der Waals surface area contributed by atoms with Crippen molar-refractivity contribution >= 4 is 17.3 Å².